The molecule has 0 aromatic heterocycles. The Morgan fingerprint density at radius 1 is 1.21 bits per heavy atom. The molecule has 0 spiro atoms. The molecule has 0 saturated carbocycles. The molecule has 19 heavy (non-hydrogen) atoms. The summed E-state index contributed by atoms with van der Waals surface area (Å²) in [4.78, 5) is 27.9. The van der Waals surface area contributed by atoms with Gasteiger partial charge in [0.05, 0.1) is 6.61 Å². The van der Waals surface area contributed by atoms with E-state index in [1.807, 2.05) is 0 Å². The number of unbranched alkanes of at least 4 members (excludes halogenated alkanes) is 3. The van der Waals surface area contributed by atoms with Gasteiger partial charge in [-0.05, 0) is 19.8 Å². The highest BCUT2D eigenvalue weighted by molar-refractivity contribution is 7.46. The molecule has 0 saturated heterocycles. The minimum Gasteiger partial charge on any atom is -0.432 e. The first-order valence-electron chi connectivity index (χ1n) is 6.38. The van der Waals surface area contributed by atoms with Gasteiger partial charge in [0.15, 0.2) is 0 Å². The predicted octanol–water partition coefficient (Wildman–Crippen LogP) is 2.61. The Hall–Kier alpha value is -0.620. The molecule has 0 aliphatic carbocycles. The number of phosphoric acid groups is 1. The number of phosphoric ester groups is 1. The van der Waals surface area contributed by atoms with Gasteiger partial charge >= 0.3 is 14.0 Å². The second-order valence-electron chi connectivity index (χ2n) is 4.20. The quantitative estimate of drug-likeness (QED) is 0.363. The van der Waals surface area contributed by atoms with Crippen LogP contribution >= 0.6 is 7.82 Å². The Balaban J connectivity index is 3.54. The summed E-state index contributed by atoms with van der Waals surface area (Å²) < 4.78 is 24.0. The molecule has 0 radical (unpaired) electrons. The van der Waals surface area contributed by atoms with E-state index in [1.54, 1.807) is 6.92 Å². The van der Waals surface area contributed by atoms with Gasteiger partial charge in [-0.2, -0.15) is 0 Å². The van der Waals surface area contributed by atoms with Crippen LogP contribution in [0.25, 0.3) is 0 Å². The molecule has 0 amide bonds. The molecule has 7 nitrogen and oxygen atoms in total. The Labute approximate surface area is 113 Å². The van der Waals surface area contributed by atoms with Gasteiger partial charge in [-0.3, -0.25) is 4.52 Å². The van der Waals surface area contributed by atoms with Gasteiger partial charge in [-0.1, -0.05) is 26.2 Å². The minimum atomic E-state index is -4.51. The molecule has 0 aliphatic heterocycles. The smallest absolute Gasteiger partial charge is 0.432 e. The largest absolute Gasteiger partial charge is 0.508 e. The van der Waals surface area contributed by atoms with Crippen LogP contribution in [0.2, 0.25) is 0 Å². The molecule has 0 aliphatic rings. The monoisotopic (exact) mass is 298 g/mol. The third kappa shape index (κ3) is 13.6. The maximum Gasteiger partial charge on any atom is 0.508 e. The lowest BCUT2D eigenvalue weighted by Crippen LogP contribution is -2.17. The van der Waals surface area contributed by atoms with Gasteiger partial charge in [0.25, 0.3) is 0 Å². The fraction of sp³-hybridized carbons (Fsp3) is 0.909. The van der Waals surface area contributed by atoms with Gasteiger partial charge in [0, 0.05) is 0 Å². The Morgan fingerprint density at radius 3 is 2.47 bits per heavy atom. The van der Waals surface area contributed by atoms with Crippen molar-refractivity contribution in [3.05, 3.63) is 0 Å². The molecule has 0 bridgehead atoms. The van der Waals surface area contributed by atoms with E-state index in [9.17, 15) is 9.36 Å². The van der Waals surface area contributed by atoms with Crippen molar-refractivity contribution in [2.45, 2.75) is 52.1 Å². The lowest BCUT2D eigenvalue weighted by molar-refractivity contribution is 0.0172. The van der Waals surface area contributed by atoms with Crippen LogP contribution in [0.5, 0.6) is 0 Å². The van der Waals surface area contributed by atoms with Crippen LogP contribution in [-0.4, -0.2) is 35.3 Å². The van der Waals surface area contributed by atoms with E-state index in [0.29, 0.717) is 0 Å². The van der Waals surface area contributed by atoms with Crippen molar-refractivity contribution in [3.8, 4) is 0 Å². The van der Waals surface area contributed by atoms with E-state index < -0.39 is 14.0 Å². The van der Waals surface area contributed by atoms with Crippen molar-refractivity contribution in [2.75, 3.05) is 13.2 Å². The molecule has 0 aromatic carbocycles. The highest BCUT2D eigenvalue weighted by Crippen LogP contribution is 2.35. The first-order chi connectivity index (χ1) is 8.85. The number of ether oxygens (including phenoxy) is 2. The molecule has 114 valence electrons. The zero-order chi connectivity index (χ0) is 14.7. The lowest BCUT2D eigenvalue weighted by Gasteiger charge is -2.13. The van der Waals surface area contributed by atoms with Crippen LogP contribution in [0.3, 0.4) is 0 Å². The summed E-state index contributed by atoms with van der Waals surface area (Å²) in [5.74, 6) is 0. The summed E-state index contributed by atoms with van der Waals surface area (Å²) >= 11 is 0. The van der Waals surface area contributed by atoms with Crippen LogP contribution < -0.4 is 0 Å². The molecule has 0 aromatic rings. The summed E-state index contributed by atoms with van der Waals surface area (Å²) in [7, 11) is -4.51. The third-order valence-electron chi connectivity index (χ3n) is 2.32. The van der Waals surface area contributed by atoms with Gasteiger partial charge in [0.2, 0.25) is 0 Å². The first kappa shape index (κ1) is 18.4. The predicted molar refractivity (Wildman–Crippen MR) is 68.7 cm³/mol. The number of hydrogen-bond donors (Lipinski definition) is 2. The number of hydrogen-bond acceptors (Lipinski definition) is 5. The molecule has 8 heteroatoms. The number of carbonyl (C=O) groups is 1. The van der Waals surface area contributed by atoms with E-state index in [-0.39, 0.29) is 19.3 Å². The van der Waals surface area contributed by atoms with Crippen LogP contribution in [0.15, 0.2) is 0 Å². The standard InChI is InChI=1S/C11H23O7P/c1-3-4-5-6-7-10(2)18-11(12)16-8-9-17-19(13,14)15/h10H,3-9H2,1-2H3,(H2,13,14,15). The first-order valence-corrected chi connectivity index (χ1v) is 7.91. The Morgan fingerprint density at radius 2 is 1.89 bits per heavy atom. The molecule has 0 fully saturated rings. The summed E-state index contributed by atoms with van der Waals surface area (Å²) in [6.07, 6.45) is 4.10. The summed E-state index contributed by atoms with van der Waals surface area (Å²) in [5, 5.41) is 0. The minimum absolute atomic E-state index is 0.230. The fourth-order valence-corrected chi connectivity index (χ4v) is 1.71. The highest BCUT2D eigenvalue weighted by Gasteiger charge is 2.14. The van der Waals surface area contributed by atoms with Crippen molar-refractivity contribution in [1.82, 2.24) is 0 Å². The molecule has 1 atom stereocenters. The summed E-state index contributed by atoms with van der Waals surface area (Å²) in [6, 6.07) is 0. The lowest BCUT2D eigenvalue weighted by atomic mass is 10.1. The van der Waals surface area contributed by atoms with Crippen LogP contribution in [0, 0.1) is 0 Å². The Kier molecular flexibility index (Phi) is 9.87. The zero-order valence-electron chi connectivity index (χ0n) is 11.4. The number of carbonyl (C=O) groups excluding carboxylic acids is 1. The van der Waals surface area contributed by atoms with Crippen molar-refractivity contribution >= 4 is 14.0 Å². The normalized spacial score (nSPS) is 13.1. The van der Waals surface area contributed by atoms with E-state index in [1.165, 1.54) is 0 Å². The molecular weight excluding hydrogens is 275 g/mol. The highest BCUT2D eigenvalue weighted by atomic mass is 31.2. The van der Waals surface area contributed by atoms with E-state index in [0.717, 1.165) is 32.1 Å². The van der Waals surface area contributed by atoms with Gasteiger partial charge < -0.3 is 19.3 Å². The summed E-state index contributed by atoms with van der Waals surface area (Å²) in [5.41, 5.74) is 0. The molecular formula is C11H23O7P. The van der Waals surface area contributed by atoms with Crippen LogP contribution in [-0.2, 0) is 18.6 Å². The SMILES string of the molecule is CCCCCCC(C)OC(=O)OCCOP(=O)(O)O. The summed E-state index contributed by atoms with van der Waals surface area (Å²) in [6.45, 7) is 3.27. The van der Waals surface area contributed by atoms with Crippen molar-refractivity contribution < 1.29 is 33.1 Å². The zero-order valence-corrected chi connectivity index (χ0v) is 12.3. The van der Waals surface area contributed by atoms with E-state index in [2.05, 4.69) is 16.2 Å². The molecule has 1 unspecified atom stereocenters. The van der Waals surface area contributed by atoms with E-state index in [4.69, 9.17) is 14.5 Å². The van der Waals surface area contributed by atoms with Crippen molar-refractivity contribution in [1.29, 1.82) is 0 Å². The average molecular weight is 298 g/mol. The fourth-order valence-electron chi connectivity index (χ4n) is 1.40. The third-order valence-corrected chi connectivity index (χ3v) is 2.84. The van der Waals surface area contributed by atoms with Gasteiger partial charge in [-0.15, -0.1) is 0 Å². The van der Waals surface area contributed by atoms with Crippen LogP contribution in [0.1, 0.15) is 46.0 Å². The van der Waals surface area contributed by atoms with Crippen molar-refractivity contribution in [3.63, 3.8) is 0 Å². The maximum atomic E-state index is 11.2. The van der Waals surface area contributed by atoms with Gasteiger partial charge in [-0.25, -0.2) is 9.36 Å². The van der Waals surface area contributed by atoms with E-state index >= 15 is 0 Å². The topological polar surface area (TPSA) is 102 Å². The average Bonchev–Trinajstić information content (AvgIpc) is 2.29. The molecule has 0 heterocycles. The molecule has 0 rings (SSSR count). The van der Waals surface area contributed by atoms with Crippen LogP contribution in [0.4, 0.5) is 4.79 Å². The maximum absolute atomic E-state index is 11.2. The van der Waals surface area contributed by atoms with Crippen molar-refractivity contribution in [2.24, 2.45) is 0 Å². The second-order valence-corrected chi connectivity index (χ2v) is 5.44. The second kappa shape index (κ2) is 10.2. The van der Waals surface area contributed by atoms with Gasteiger partial charge in [0.1, 0.15) is 12.7 Å². The Bertz CT molecular complexity index is 289. The molecule has 2 N–H and O–H groups in total. The number of rotatable bonds is 10.